The lowest BCUT2D eigenvalue weighted by molar-refractivity contribution is 0.338. The minimum Gasteiger partial charge on any atom is -0.492 e. The molecule has 0 atom stereocenters. The zero-order valence-corrected chi connectivity index (χ0v) is 11.3. The minimum atomic E-state index is -3.46. The number of primary sulfonamides is 1. The van der Waals surface area contributed by atoms with E-state index in [0.717, 1.165) is 11.3 Å². The fourth-order valence-corrected chi connectivity index (χ4v) is 1.71. The van der Waals surface area contributed by atoms with Crippen LogP contribution in [0, 0.1) is 6.92 Å². The lowest BCUT2D eigenvalue weighted by Crippen LogP contribution is -2.21. The lowest BCUT2D eigenvalue weighted by Gasteiger charge is -2.12. The molecule has 1 aromatic carbocycles. The van der Waals surface area contributed by atoms with Crippen molar-refractivity contribution < 1.29 is 13.2 Å². The maximum Gasteiger partial charge on any atom is 0.212 e. The second kappa shape index (κ2) is 5.51. The van der Waals surface area contributed by atoms with Gasteiger partial charge in [0.15, 0.2) is 0 Å². The van der Waals surface area contributed by atoms with Gasteiger partial charge < -0.3 is 4.74 Å². The summed E-state index contributed by atoms with van der Waals surface area (Å²) in [5.74, 6) is 0.967. The average molecular weight is 257 g/mol. The number of hydrogen-bond donors (Lipinski definition) is 1. The molecule has 0 aromatic heterocycles. The van der Waals surface area contributed by atoms with Crippen LogP contribution in [0.3, 0.4) is 0 Å². The van der Waals surface area contributed by atoms with Gasteiger partial charge in [0.05, 0.1) is 5.75 Å². The molecule has 0 saturated heterocycles. The Morgan fingerprint density at radius 1 is 1.35 bits per heavy atom. The Balaban J connectivity index is 2.73. The second-order valence-corrected chi connectivity index (χ2v) is 6.13. The number of nitrogens with two attached hydrogens (primary N) is 1. The molecule has 0 heterocycles. The molecule has 4 nitrogen and oxygen atoms in total. The summed E-state index contributed by atoms with van der Waals surface area (Å²) in [7, 11) is -3.46. The van der Waals surface area contributed by atoms with Crippen molar-refractivity contribution in [1.29, 1.82) is 0 Å². The van der Waals surface area contributed by atoms with Gasteiger partial charge in [0.25, 0.3) is 0 Å². The molecule has 2 N–H and O–H groups in total. The minimum absolute atomic E-state index is 0.0845. The third kappa shape index (κ3) is 4.75. The highest BCUT2D eigenvalue weighted by atomic mass is 32.2. The van der Waals surface area contributed by atoms with Crippen LogP contribution >= 0.6 is 0 Å². The van der Waals surface area contributed by atoms with Gasteiger partial charge in [-0.15, -0.1) is 0 Å². The van der Waals surface area contributed by atoms with Gasteiger partial charge in [-0.1, -0.05) is 26.0 Å². The van der Waals surface area contributed by atoms with Crippen LogP contribution in [0.5, 0.6) is 5.75 Å². The summed E-state index contributed by atoms with van der Waals surface area (Å²) in [4.78, 5) is 0. The van der Waals surface area contributed by atoms with Gasteiger partial charge in [-0.3, -0.25) is 0 Å². The Morgan fingerprint density at radius 2 is 2.00 bits per heavy atom. The predicted octanol–water partition coefficient (Wildman–Crippen LogP) is 1.79. The van der Waals surface area contributed by atoms with Crippen LogP contribution in [0.1, 0.15) is 30.9 Å². The van der Waals surface area contributed by atoms with E-state index in [1.54, 1.807) is 0 Å². The zero-order chi connectivity index (χ0) is 13.1. The van der Waals surface area contributed by atoms with E-state index >= 15 is 0 Å². The van der Waals surface area contributed by atoms with Crippen LogP contribution < -0.4 is 9.88 Å². The molecular weight excluding hydrogens is 238 g/mol. The van der Waals surface area contributed by atoms with Gasteiger partial charge in [0.1, 0.15) is 12.4 Å². The van der Waals surface area contributed by atoms with Crippen LogP contribution in [-0.2, 0) is 10.0 Å². The summed E-state index contributed by atoms with van der Waals surface area (Å²) in [5.41, 5.74) is 2.16. The van der Waals surface area contributed by atoms with E-state index in [0.29, 0.717) is 5.92 Å². The van der Waals surface area contributed by atoms with Crippen molar-refractivity contribution in [3.63, 3.8) is 0 Å². The van der Waals surface area contributed by atoms with Gasteiger partial charge in [-0.05, 0) is 30.0 Å². The number of ether oxygens (including phenoxy) is 1. The fraction of sp³-hybridized carbons (Fsp3) is 0.500. The third-order valence-corrected chi connectivity index (χ3v) is 3.24. The summed E-state index contributed by atoms with van der Waals surface area (Å²) < 4.78 is 27.0. The van der Waals surface area contributed by atoms with E-state index in [1.807, 2.05) is 25.1 Å². The monoisotopic (exact) mass is 257 g/mol. The van der Waals surface area contributed by atoms with Crippen LogP contribution in [0.4, 0.5) is 0 Å². The van der Waals surface area contributed by atoms with E-state index < -0.39 is 10.0 Å². The Kier molecular flexibility index (Phi) is 4.54. The maximum absolute atomic E-state index is 10.8. The smallest absolute Gasteiger partial charge is 0.212 e. The van der Waals surface area contributed by atoms with E-state index in [4.69, 9.17) is 9.88 Å². The molecule has 0 spiro atoms. The summed E-state index contributed by atoms with van der Waals surface area (Å²) >= 11 is 0. The largest absolute Gasteiger partial charge is 0.492 e. The molecule has 0 saturated carbocycles. The maximum atomic E-state index is 10.8. The highest BCUT2D eigenvalue weighted by Gasteiger charge is 2.07. The van der Waals surface area contributed by atoms with Gasteiger partial charge in [-0.2, -0.15) is 0 Å². The summed E-state index contributed by atoms with van der Waals surface area (Å²) in [6.45, 7) is 6.20. The SMILES string of the molecule is Cc1ccc(C(C)C)cc1OCCS(N)(=O)=O. The molecule has 0 fully saturated rings. The molecule has 0 aliphatic rings. The van der Waals surface area contributed by atoms with E-state index in [1.165, 1.54) is 5.56 Å². The van der Waals surface area contributed by atoms with Crippen molar-refractivity contribution in [3.05, 3.63) is 29.3 Å². The molecule has 0 radical (unpaired) electrons. The summed E-state index contributed by atoms with van der Waals surface area (Å²) in [6, 6.07) is 5.97. The quantitative estimate of drug-likeness (QED) is 0.874. The molecular formula is C12H19NO3S. The first kappa shape index (κ1) is 14.0. The van der Waals surface area contributed by atoms with Gasteiger partial charge in [0.2, 0.25) is 10.0 Å². The van der Waals surface area contributed by atoms with E-state index in [2.05, 4.69) is 13.8 Å². The van der Waals surface area contributed by atoms with Crippen molar-refractivity contribution >= 4 is 10.0 Å². The van der Waals surface area contributed by atoms with Crippen LogP contribution in [0.25, 0.3) is 0 Å². The fourth-order valence-electron chi connectivity index (χ4n) is 1.40. The zero-order valence-electron chi connectivity index (χ0n) is 10.4. The third-order valence-electron chi connectivity index (χ3n) is 2.50. The molecule has 0 aliphatic carbocycles. The van der Waals surface area contributed by atoms with Crippen molar-refractivity contribution in [2.45, 2.75) is 26.7 Å². The van der Waals surface area contributed by atoms with Crippen molar-refractivity contribution in [1.82, 2.24) is 0 Å². The van der Waals surface area contributed by atoms with Gasteiger partial charge in [0, 0.05) is 0 Å². The number of aryl methyl sites for hydroxylation is 1. The predicted molar refractivity (Wildman–Crippen MR) is 68.7 cm³/mol. The van der Waals surface area contributed by atoms with Crippen LogP contribution in [-0.4, -0.2) is 20.8 Å². The van der Waals surface area contributed by atoms with Gasteiger partial charge in [-0.25, -0.2) is 13.6 Å². The Labute approximate surface area is 103 Å². The summed E-state index contributed by atoms with van der Waals surface area (Å²) in [5, 5.41) is 4.91. The first-order chi connectivity index (χ1) is 7.79. The van der Waals surface area contributed by atoms with Crippen LogP contribution in [0.15, 0.2) is 18.2 Å². The Hall–Kier alpha value is -1.07. The molecule has 1 aromatic rings. The number of sulfonamides is 1. The van der Waals surface area contributed by atoms with E-state index in [-0.39, 0.29) is 12.4 Å². The second-order valence-electron chi connectivity index (χ2n) is 4.40. The normalized spacial score (nSPS) is 11.8. The number of benzene rings is 1. The highest BCUT2D eigenvalue weighted by Crippen LogP contribution is 2.24. The highest BCUT2D eigenvalue weighted by molar-refractivity contribution is 7.89. The van der Waals surface area contributed by atoms with Gasteiger partial charge >= 0.3 is 0 Å². The van der Waals surface area contributed by atoms with Crippen molar-refractivity contribution in [2.24, 2.45) is 5.14 Å². The molecule has 0 amide bonds. The Bertz CT molecular complexity index is 481. The molecule has 0 unspecified atom stereocenters. The van der Waals surface area contributed by atoms with E-state index in [9.17, 15) is 8.42 Å². The Morgan fingerprint density at radius 3 is 2.53 bits per heavy atom. The van der Waals surface area contributed by atoms with Crippen molar-refractivity contribution in [2.75, 3.05) is 12.4 Å². The molecule has 0 bridgehead atoms. The molecule has 96 valence electrons. The van der Waals surface area contributed by atoms with Crippen LogP contribution in [0.2, 0.25) is 0 Å². The topological polar surface area (TPSA) is 69.4 Å². The molecule has 5 heteroatoms. The molecule has 17 heavy (non-hydrogen) atoms. The lowest BCUT2D eigenvalue weighted by atomic mass is 10.0. The first-order valence-electron chi connectivity index (χ1n) is 5.53. The molecule has 0 aliphatic heterocycles. The molecule has 1 rings (SSSR count). The average Bonchev–Trinajstić information content (AvgIpc) is 2.18. The standard InChI is InChI=1S/C12H19NO3S/c1-9(2)11-5-4-10(3)12(8-11)16-6-7-17(13,14)15/h4-5,8-9H,6-7H2,1-3H3,(H2,13,14,15). The first-order valence-corrected chi connectivity index (χ1v) is 7.25. The summed E-state index contributed by atoms with van der Waals surface area (Å²) in [6.07, 6.45) is 0. The van der Waals surface area contributed by atoms with Crippen molar-refractivity contribution in [3.8, 4) is 5.75 Å². The number of hydrogen-bond acceptors (Lipinski definition) is 3. The number of rotatable bonds is 5.